The maximum Gasteiger partial charge on any atom is 0.233 e. The second-order valence-electron chi connectivity index (χ2n) is 9.43. The zero-order valence-corrected chi connectivity index (χ0v) is 20.3. The quantitative estimate of drug-likeness (QED) is 0.499. The maximum absolute atomic E-state index is 13.7. The van der Waals surface area contributed by atoms with E-state index in [0.29, 0.717) is 36.1 Å². The van der Waals surface area contributed by atoms with Crippen molar-refractivity contribution in [2.75, 3.05) is 19.5 Å². The van der Waals surface area contributed by atoms with Crippen LogP contribution in [0.5, 0.6) is 11.5 Å². The van der Waals surface area contributed by atoms with Crippen molar-refractivity contribution in [3.63, 3.8) is 0 Å². The molecule has 1 N–H and O–H groups in total. The molecule has 34 heavy (non-hydrogen) atoms. The second kappa shape index (κ2) is 8.67. The molecule has 1 aliphatic carbocycles. The molecule has 2 aromatic carbocycles. The Labute approximate surface area is 199 Å². The molecule has 0 saturated heterocycles. The van der Waals surface area contributed by atoms with Crippen molar-refractivity contribution in [1.82, 2.24) is 5.16 Å². The summed E-state index contributed by atoms with van der Waals surface area (Å²) in [6.07, 6.45) is 1.15. The number of methoxy groups -OCH3 is 2. The van der Waals surface area contributed by atoms with E-state index in [-0.39, 0.29) is 17.6 Å². The zero-order valence-electron chi connectivity index (χ0n) is 20.3. The van der Waals surface area contributed by atoms with Crippen LogP contribution < -0.4 is 14.8 Å². The van der Waals surface area contributed by atoms with Crippen molar-refractivity contribution >= 4 is 11.7 Å². The Morgan fingerprint density at radius 3 is 2.38 bits per heavy atom. The summed E-state index contributed by atoms with van der Waals surface area (Å²) in [5.74, 6) is 2.43. The van der Waals surface area contributed by atoms with Crippen molar-refractivity contribution in [1.29, 1.82) is 0 Å². The largest absolute Gasteiger partial charge is 0.493 e. The number of hydrogen-bond donors (Lipinski definition) is 1. The van der Waals surface area contributed by atoms with Crippen molar-refractivity contribution in [3.8, 4) is 11.5 Å². The Balaban J connectivity index is 1.56. The first kappa shape index (κ1) is 22.3. The molecule has 0 amide bonds. The molecule has 2 heterocycles. The molecule has 0 spiro atoms. The summed E-state index contributed by atoms with van der Waals surface area (Å²) in [5, 5.41) is 7.62. The number of rotatable bonds is 5. The topological polar surface area (TPSA) is 73.6 Å². The van der Waals surface area contributed by atoms with E-state index in [1.165, 1.54) is 5.56 Å². The molecule has 1 aliphatic heterocycles. The second-order valence-corrected chi connectivity index (χ2v) is 9.43. The molecule has 6 nitrogen and oxygen atoms in total. The predicted octanol–water partition coefficient (Wildman–Crippen LogP) is 6.08. The number of allylic oxidation sites excluding steroid dienone is 2. The standard InChI is InChI=1S/C28H30N2O4/c1-15(2)17-6-8-18(9-7-17)26-25-16(3)30-34-28(25)29-21-12-20(13-22(31)27(21)26)19-10-11-23(32-4)24(14-19)33-5/h6-11,14-15,20,26,29H,12-13H2,1-5H3. The molecule has 2 unspecified atom stereocenters. The number of benzene rings is 2. The first-order valence-corrected chi connectivity index (χ1v) is 11.7. The lowest BCUT2D eigenvalue weighted by Crippen LogP contribution is -2.29. The van der Waals surface area contributed by atoms with Crippen molar-refractivity contribution < 1.29 is 18.8 Å². The van der Waals surface area contributed by atoms with Crippen LogP contribution in [0.2, 0.25) is 0 Å². The van der Waals surface area contributed by atoms with Crippen LogP contribution in [0.25, 0.3) is 0 Å². The van der Waals surface area contributed by atoms with Crippen molar-refractivity contribution in [2.45, 2.75) is 51.4 Å². The minimum absolute atomic E-state index is 0.0353. The molecule has 3 aromatic rings. The molecule has 2 atom stereocenters. The lowest BCUT2D eigenvalue weighted by Gasteiger charge is -2.34. The van der Waals surface area contributed by atoms with Crippen molar-refractivity contribution in [3.05, 3.63) is 81.7 Å². The van der Waals surface area contributed by atoms with Gasteiger partial charge in [-0.3, -0.25) is 4.79 Å². The van der Waals surface area contributed by atoms with Crippen LogP contribution in [0.1, 0.15) is 72.4 Å². The number of ether oxygens (including phenoxy) is 2. The molecule has 0 fully saturated rings. The average Bonchev–Trinajstić information content (AvgIpc) is 3.22. The van der Waals surface area contributed by atoms with Crippen LogP contribution in [-0.4, -0.2) is 25.2 Å². The summed E-state index contributed by atoms with van der Waals surface area (Å²) in [4.78, 5) is 13.7. The van der Waals surface area contributed by atoms with Gasteiger partial charge in [0.25, 0.3) is 0 Å². The van der Waals surface area contributed by atoms with E-state index in [0.717, 1.165) is 33.7 Å². The number of aromatic nitrogens is 1. The summed E-state index contributed by atoms with van der Waals surface area (Å²) in [7, 11) is 3.25. The van der Waals surface area contributed by atoms with Gasteiger partial charge in [0.1, 0.15) is 0 Å². The molecular formula is C28H30N2O4. The molecule has 2 aliphatic rings. The van der Waals surface area contributed by atoms with E-state index in [1.807, 2.05) is 25.1 Å². The number of anilines is 1. The lowest BCUT2D eigenvalue weighted by molar-refractivity contribution is -0.116. The summed E-state index contributed by atoms with van der Waals surface area (Å²) >= 11 is 0. The summed E-state index contributed by atoms with van der Waals surface area (Å²) in [6.45, 7) is 6.30. The van der Waals surface area contributed by atoms with E-state index < -0.39 is 0 Å². The number of hydrogen-bond acceptors (Lipinski definition) is 6. The van der Waals surface area contributed by atoms with Gasteiger partial charge in [-0.1, -0.05) is 49.3 Å². The third-order valence-corrected chi connectivity index (χ3v) is 7.07. The lowest BCUT2D eigenvalue weighted by atomic mass is 9.72. The maximum atomic E-state index is 13.7. The third kappa shape index (κ3) is 3.67. The minimum atomic E-state index is -0.183. The number of carbonyl (C=O) groups is 1. The van der Waals surface area contributed by atoms with Gasteiger partial charge in [0.15, 0.2) is 17.3 Å². The van der Waals surface area contributed by atoms with Crippen LogP contribution in [-0.2, 0) is 4.79 Å². The highest BCUT2D eigenvalue weighted by molar-refractivity contribution is 6.01. The van der Waals surface area contributed by atoms with Gasteiger partial charge in [0.2, 0.25) is 5.88 Å². The molecule has 6 heteroatoms. The number of Topliss-reactive ketones (excluding diaryl/α,β-unsaturated/α-hetero) is 1. The highest BCUT2D eigenvalue weighted by Gasteiger charge is 2.41. The fourth-order valence-electron chi connectivity index (χ4n) is 5.22. The minimum Gasteiger partial charge on any atom is -0.493 e. The van der Waals surface area contributed by atoms with E-state index >= 15 is 0 Å². The van der Waals surface area contributed by atoms with Crippen LogP contribution in [0.3, 0.4) is 0 Å². The Kier molecular flexibility index (Phi) is 5.68. The summed E-state index contributed by atoms with van der Waals surface area (Å²) in [5.41, 5.74) is 6.92. The van der Waals surface area contributed by atoms with Gasteiger partial charge in [-0.15, -0.1) is 0 Å². The monoisotopic (exact) mass is 458 g/mol. The number of ketones is 1. The van der Waals surface area contributed by atoms with Crippen LogP contribution in [0.4, 0.5) is 5.88 Å². The molecule has 1 aromatic heterocycles. The highest BCUT2D eigenvalue weighted by Crippen LogP contribution is 2.49. The predicted molar refractivity (Wildman–Crippen MR) is 131 cm³/mol. The smallest absolute Gasteiger partial charge is 0.233 e. The number of nitrogens with one attached hydrogen (secondary N) is 1. The fourth-order valence-corrected chi connectivity index (χ4v) is 5.22. The fraction of sp³-hybridized carbons (Fsp3) is 0.357. The van der Waals surface area contributed by atoms with E-state index in [1.54, 1.807) is 14.2 Å². The van der Waals surface area contributed by atoms with Gasteiger partial charge in [0.05, 0.1) is 25.5 Å². The van der Waals surface area contributed by atoms with Crippen LogP contribution in [0.15, 0.2) is 58.3 Å². The summed E-state index contributed by atoms with van der Waals surface area (Å²) in [6, 6.07) is 14.5. The van der Waals surface area contributed by atoms with E-state index in [4.69, 9.17) is 14.0 Å². The average molecular weight is 459 g/mol. The number of nitrogens with zero attached hydrogens (tertiary/aromatic N) is 1. The van der Waals surface area contributed by atoms with Crippen molar-refractivity contribution in [2.24, 2.45) is 0 Å². The SMILES string of the molecule is COc1ccc(C2CC(=O)C3=C(C2)Nc2onc(C)c2C3c2ccc(C(C)C)cc2)cc1OC. The Bertz CT molecular complexity index is 1270. The first-order chi connectivity index (χ1) is 16.4. The zero-order chi connectivity index (χ0) is 24.0. The van der Waals surface area contributed by atoms with Gasteiger partial charge in [0, 0.05) is 23.6 Å². The Hall–Kier alpha value is -3.54. The molecule has 0 radical (unpaired) electrons. The molecule has 5 rings (SSSR count). The molecule has 176 valence electrons. The van der Waals surface area contributed by atoms with Gasteiger partial charge >= 0.3 is 0 Å². The molecule has 0 bridgehead atoms. The molecular weight excluding hydrogens is 428 g/mol. The normalized spacial score (nSPS) is 19.5. The number of fused-ring (bicyclic) bond motifs is 1. The van der Waals surface area contributed by atoms with Gasteiger partial charge in [-0.05, 0) is 54.0 Å². The first-order valence-electron chi connectivity index (χ1n) is 11.7. The van der Waals surface area contributed by atoms with Gasteiger partial charge in [-0.2, -0.15) is 0 Å². The molecule has 0 saturated carbocycles. The number of aryl methyl sites for hydroxylation is 1. The number of carbonyl (C=O) groups excluding carboxylic acids is 1. The van der Waals surface area contributed by atoms with E-state index in [9.17, 15) is 4.79 Å². The van der Waals surface area contributed by atoms with Crippen LogP contribution in [0, 0.1) is 6.92 Å². The summed E-state index contributed by atoms with van der Waals surface area (Å²) < 4.78 is 16.5. The Morgan fingerprint density at radius 2 is 1.71 bits per heavy atom. The third-order valence-electron chi connectivity index (χ3n) is 7.07. The highest BCUT2D eigenvalue weighted by atomic mass is 16.5. The van der Waals surface area contributed by atoms with Gasteiger partial charge < -0.3 is 19.3 Å². The van der Waals surface area contributed by atoms with E-state index in [2.05, 4.69) is 48.6 Å². The Morgan fingerprint density at radius 1 is 1.00 bits per heavy atom. The van der Waals surface area contributed by atoms with Gasteiger partial charge in [-0.25, -0.2) is 0 Å². The van der Waals surface area contributed by atoms with Crippen LogP contribution >= 0.6 is 0 Å².